The summed E-state index contributed by atoms with van der Waals surface area (Å²) >= 11 is 0. The molecule has 1 amide bonds. The Morgan fingerprint density at radius 3 is 2.72 bits per heavy atom. The number of ether oxygens (including phenoxy) is 1. The van der Waals surface area contributed by atoms with Crippen LogP contribution >= 0.6 is 0 Å². The lowest BCUT2D eigenvalue weighted by atomic mass is 10.4. The van der Waals surface area contributed by atoms with Crippen LogP contribution in [-0.2, 0) is 4.74 Å². The Hall–Kier alpha value is -1.69. The predicted molar refractivity (Wildman–Crippen MR) is 69.6 cm³/mol. The lowest BCUT2D eigenvalue weighted by molar-refractivity contribution is 0.0917. The van der Waals surface area contributed by atoms with E-state index in [1.807, 2.05) is 6.92 Å². The number of nitrogens with one attached hydrogen (secondary N) is 2. The minimum atomic E-state index is -0.232. The summed E-state index contributed by atoms with van der Waals surface area (Å²) in [7, 11) is 0. The molecule has 18 heavy (non-hydrogen) atoms. The van der Waals surface area contributed by atoms with E-state index in [2.05, 4.69) is 27.5 Å². The third-order valence-electron chi connectivity index (χ3n) is 2.18. The fourth-order valence-corrected chi connectivity index (χ4v) is 1.26. The molecule has 0 spiro atoms. The number of nitrogens with zero attached hydrogens (tertiary/aromatic N) is 2. The van der Waals surface area contributed by atoms with E-state index < -0.39 is 0 Å². The van der Waals surface area contributed by atoms with Gasteiger partial charge < -0.3 is 15.4 Å². The van der Waals surface area contributed by atoms with Crippen molar-refractivity contribution in [3.63, 3.8) is 0 Å². The normalized spacial score (nSPS) is 10.1. The second-order valence-corrected chi connectivity index (χ2v) is 3.67. The SMILES string of the molecule is CCCNc1cnc(C(=O)NCCOCC)cn1. The zero-order valence-electron chi connectivity index (χ0n) is 10.9. The molecule has 0 aromatic carbocycles. The largest absolute Gasteiger partial charge is 0.380 e. The minimum Gasteiger partial charge on any atom is -0.380 e. The molecule has 0 radical (unpaired) electrons. The highest BCUT2D eigenvalue weighted by Gasteiger charge is 2.06. The van der Waals surface area contributed by atoms with Gasteiger partial charge in [-0.05, 0) is 13.3 Å². The van der Waals surface area contributed by atoms with Crippen molar-refractivity contribution in [2.24, 2.45) is 0 Å². The van der Waals surface area contributed by atoms with Gasteiger partial charge in [-0.15, -0.1) is 0 Å². The lowest BCUT2D eigenvalue weighted by Crippen LogP contribution is -2.28. The molecule has 100 valence electrons. The molecule has 6 heteroatoms. The maximum absolute atomic E-state index is 11.6. The highest BCUT2D eigenvalue weighted by molar-refractivity contribution is 5.91. The van der Waals surface area contributed by atoms with Crippen LogP contribution in [-0.4, -0.2) is 42.2 Å². The number of carbonyl (C=O) groups is 1. The topological polar surface area (TPSA) is 76.1 Å². The van der Waals surface area contributed by atoms with Crippen LogP contribution in [0.2, 0.25) is 0 Å². The molecule has 0 unspecified atom stereocenters. The molecule has 2 N–H and O–H groups in total. The van der Waals surface area contributed by atoms with Crippen molar-refractivity contribution in [1.82, 2.24) is 15.3 Å². The van der Waals surface area contributed by atoms with E-state index in [9.17, 15) is 4.79 Å². The summed E-state index contributed by atoms with van der Waals surface area (Å²) in [5.41, 5.74) is 0.313. The summed E-state index contributed by atoms with van der Waals surface area (Å²) < 4.78 is 5.12. The van der Waals surface area contributed by atoms with Crippen LogP contribution in [0.25, 0.3) is 0 Å². The third kappa shape index (κ3) is 5.09. The summed E-state index contributed by atoms with van der Waals surface area (Å²) in [6, 6.07) is 0. The monoisotopic (exact) mass is 252 g/mol. The molecule has 1 aromatic heterocycles. The van der Waals surface area contributed by atoms with Gasteiger partial charge in [-0.3, -0.25) is 4.79 Å². The van der Waals surface area contributed by atoms with E-state index in [0.29, 0.717) is 31.3 Å². The van der Waals surface area contributed by atoms with Gasteiger partial charge in [0.2, 0.25) is 0 Å². The quantitative estimate of drug-likeness (QED) is 0.677. The lowest BCUT2D eigenvalue weighted by Gasteiger charge is -2.06. The van der Waals surface area contributed by atoms with Gasteiger partial charge in [0.25, 0.3) is 5.91 Å². The predicted octanol–water partition coefficient (Wildman–Crippen LogP) is 1.06. The van der Waals surface area contributed by atoms with Gasteiger partial charge in [-0.25, -0.2) is 9.97 Å². The van der Waals surface area contributed by atoms with E-state index in [1.165, 1.54) is 6.20 Å². The first-order valence-electron chi connectivity index (χ1n) is 6.19. The molecule has 1 aromatic rings. The van der Waals surface area contributed by atoms with Crippen molar-refractivity contribution in [1.29, 1.82) is 0 Å². The standard InChI is InChI=1S/C12H20N4O2/c1-3-5-13-11-9-15-10(8-16-11)12(17)14-6-7-18-4-2/h8-9H,3-7H2,1-2H3,(H,13,16)(H,14,17). The first-order valence-corrected chi connectivity index (χ1v) is 6.19. The fourth-order valence-electron chi connectivity index (χ4n) is 1.26. The summed E-state index contributed by atoms with van der Waals surface area (Å²) in [5, 5.41) is 5.80. The molecule has 0 aliphatic heterocycles. The average Bonchev–Trinajstić information content (AvgIpc) is 2.41. The van der Waals surface area contributed by atoms with Crippen LogP contribution in [0.15, 0.2) is 12.4 Å². The molecular formula is C12H20N4O2. The van der Waals surface area contributed by atoms with Crippen molar-refractivity contribution in [3.8, 4) is 0 Å². The Bertz CT molecular complexity index is 354. The maximum atomic E-state index is 11.6. The van der Waals surface area contributed by atoms with E-state index in [1.54, 1.807) is 6.20 Å². The van der Waals surface area contributed by atoms with Crippen molar-refractivity contribution in [2.75, 3.05) is 31.6 Å². The van der Waals surface area contributed by atoms with E-state index >= 15 is 0 Å². The first-order chi connectivity index (χ1) is 8.77. The van der Waals surface area contributed by atoms with Crippen LogP contribution < -0.4 is 10.6 Å². The number of aromatic nitrogens is 2. The summed E-state index contributed by atoms with van der Waals surface area (Å²) in [5.74, 6) is 0.451. The Kier molecular flexibility index (Phi) is 6.71. The number of carbonyl (C=O) groups excluding carboxylic acids is 1. The second kappa shape index (κ2) is 8.41. The third-order valence-corrected chi connectivity index (χ3v) is 2.18. The van der Waals surface area contributed by atoms with Gasteiger partial charge in [0, 0.05) is 19.7 Å². The fraction of sp³-hybridized carbons (Fsp3) is 0.583. The van der Waals surface area contributed by atoms with Crippen LogP contribution in [0.5, 0.6) is 0 Å². The van der Waals surface area contributed by atoms with Crippen molar-refractivity contribution in [2.45, 2.75) is 20.3 Å². The van der Waals surface area contributed by atoms with Gasteiger partial charge in [0.15, 0.2) is 0 Å². The first kappa shape index (κ1) is 14.4. The highest BCUT2D eigenvalue weighted by Crippen LogP contribution is 2.00. The van der Waals surface area contributed by atoms with Crippen molar-refractivity contribution < 1.29 is 9.53 Å². The van der Waals surface area contributed by atoms with Gasteiger partial charge in [0.05, 0.1) is 19.0 Å². The van der Waals surface area contributed by atoms with Gasteiger partial charge in [-0.2, -0.15) is 0 Å². The average molecular weight is 252 g/mol. The minimum absolute atomic E-state index is 0.232. The Morgan fingerprint density at radius 2 is 2.11 bits per heavy atom. The maximum Gasteiger partial charge on any atom is 0.271 e. The molecule has 0 bridgehead atoms. The Morgan fingerprint density at radius 1 is 1.28 bits per heavy atom. The van der Waals surface area contributed by atoms with E-state index in [4.69, 9.17) is 4.74 Å². The smallest absolute Gasteiger partial charge is 0.271 e. The van der Waals surface area contributed by atoms with Crippen molar-refractivity contribution >= 4 is 11.7 Å². The molecule has 0 fully saturated rings. The second-order valence-electron chi connectivity index (χ2n) is 3.67. The molecule has 0 atom stereocenters. The zero-order chi connectivity index (χ0) is 13.2. The molecule has 1 heterocycles. The Balaban J connectivity index is 2.38. The molecule has 0 aliphatic rings. The number of hydrogen-bond acceptors (Lipinski definition) is 5. The molecule has 0 aliphatic carbocycles. The zero-order valence-corrected chi connectivity index (χ0v) is 10.9. The van der Waals surface area contributed by atoms with Crippen LogP contribution in [0.4, 0.5) is 5.82 Å². The molecular weight excluding hydrogens is 232 g/mol. The van der Waals surface area contributed by atoms with E-state index in [-0.39, 0.29) is 5.91 Å². The molecule has 6 nitrogen and oxygen atoms in total. The number of amides is 1. The van der Waals surface area contributed by atoms with Crippen LogP contribution in [0.1, 0.15) is 30.8 Å². The van der Waals surface area contributed by atoms with E-state index in [0.717, 1.165) is 13.0 Å². The number of rotatable bonds is 8. The van der Waals surface area contributed by atoms with Crippen LogP contribution in [0.3, 0.4) is 0 Å². The van der Waals surface area contributed by atoms with Crippen molar-refractivity contribution in [3.05, 3.63) is 18.1 Å². The summed E-state index contributed by atoms with van der Waals surface area (Å²) in [6.45, 7) is 6.45. The van der Waals surface area contributed by atoms with Gasteiger partial charge in [-0.1, -0.05) is 6.92 Å². The summed E-state index contributed by atoms with van der Waals surface area (Å²) in [6.07, 6.45) is 4.04. The van der Waals surface area contributed by atoms with Gasteiger partial charge in [0.1, 0.15) is 11.5 Å². The highest BCUT2D eigenvalue weighted by atomic mass is 16.5. The number of anilines is 1. The van der Waals surface area contributed by atoms with Gasteiger partial charge >= 0.3 is 0 Å². The molecule has 1 rings (SSSR count). The number of hydrogen-bond donors (Lipinski definition) is 2. The Labute approximate surface area is 107 Å². The summed E-state index contributed by atoms with van der Waals surface area (Å²) in [4.78, 5) is 19.8. The van der Waals surface area contributed by atoms with Crippen LogP contribution in [0, 0.1) is 0 Å². The molecule has 0 saturated carbocycles. The molecule has 0 saturated heterocycles.